The van der Waals surface area contributed by atoms with E-state index in [1.165, 1.54) is 10.4 Å². The van der Waals surface area contributed by atoms with E-state index in [1.807, 2.05) is 30.4 Å². The summed E-state index contributed by atoms with van der Waals surface area (Å²) in [4.78, 5) is 1.43. The van der Waals surface area contributed by atoms with Gasteiger partial charge in [-0.25, -0.2) is 0 Å². The van der Waals surface area contributed by atoms with Crippen LogP contribution in [-0.2, 0) is 6.42 Å². The van der Waals surface area contributed by atoms with Gasteiger partial charge in [-0.15, -0.1) is 11.3 Å². The van der Waals surface area contributed by atoms with Crippen molar-refractivity contribution in [3.8, 4) is 5.75 Å². The molecule has 1 unspecified atom stereocenters. The van der Waals surface area contributed by atoms with E-state index in [4.69, 9.17) is 4.74 Å². The van der Waals surface area contributed by atoms with Crippen LogP contribution in [0, 0.1) is 0 Å². The third-order valence-corrected chi connectivity index (χ3v) is 4.02. The van der Waals surface area contributed by atoms with E-state index < -0.39 is 0 Å². The zero-order valence-corrected chi connectivity index (χ0v) is 12.4. The molecule has 1 N–H and O–H groups in total. The first kappa shape index (κ1) is 14.1. The first-order chi connectivity index (χ1) is 9.31. The summed E-state index contributed by atoms with van der Waals surface area (Å²) in [6.45, 7) is 5.90. The van der Waals surface area contributed by atoms with Crippen molar-refractivity contribution in [2.75, 3.05) is 13.2 Å². The van der Waals surface area contributed by atoms with Crippen LogP contribution >= 0.6 is 11.3 Å². The summed E-state index contributed by atoms with van der Waals surface area (Å²) in [6, 6.07) is 12.9. The van der Waals surface area contributed by atoms with Gasteiger partial charge >= 0.3 is 0 Å². The van der Waals surface area contributed by atoms with E-state index in [2.05, 4.69) is 41.9 Å². The van der Waals surface area contributed by atoms with Gasteiger partial charge in [-0.1, -0.05) is 24.3 Å². The largest absolute Gasteiger partial charge is 0.494 e. The molecule has 0 saturated heterocycles. The molecule has 0 saturated carbocycles. The minimum atomic E-state index is 0.308. The Morgan fingerprint density at radius 2 is 2.05 bits per heavy atom. The minimum absolute atomic E-state index is 0.308. The molecular formula is C16H21NOS. The van der Waals surface area contributed by atoms with Gasteiger partial charge in [-0.05, 0) is 37.8 Å². The van der Waals surface area contributed by atoms with Crippen molar-refractivity contribution in [2.45, 2.75) is 26.3 Å². The average Bonchev–Trinajstić information content (AvgIpc) is 2.93. The Morgan fingerprint density at radius 3 is 2.79 bits per heavy atom. The zero-order valence-electron chi connectivity index (χ0n) is 11.6. The highest BCUT2D eigenvalue weighted by atomic mass is 32.1. The van der Waals surface area contributed by atoms with Gasteiger partial charge in [0.15, 0.2) is 0 Å². The topological polar surface area (TPSA) is 21.3 Å². The first-order valence-electron chi connectivity index (χ1n) is 6.78. The van der Waals surface area contributed by atoms with Gasteiger partial charge in [0, 0.05) is 23.0 Å². The average molecular weight is 275 g/mol. The van der Waals surface area contributed by atoms with E-state index in [-0.39, 0.29) is 0 Å². The molecule has 2 aromatic rings. The molecule has 0 aliphatic carbocycles. The third-order valence-electron chi connectivity index (χ3n) is 3.09. The summed E-state index contributed by atoms with van der Waals surface area (Å²) < 4.78 is 5.67. The number of hydrogen-bond donors (Lipinski definition) is 1. The Morgan fingerprint density at radius 1 is 1.21 bits per heavy atom. The maximum absolute atomic E-state index is 5.67. The van der Waals surface area contributed by atoms with E-state index >= 15 is 0 Å². The second-order valence-corrected chi connectivity index (χ2v) is 5.51. The van der Waals surface area contributed by atoms with Gasteiger partial charge in [0.25, 0.3) is 0 Å². The summed E-state index contributed by atoms with van der Waals surface area (Å²) >= 11 is 1.82. The SMILES string of the molecule is CCOc1ccccc1C(C)NCCc1cccs1. The van der Waals surface area contributed by atoms with Gasteiger partial charge in [-0.3, -0.25) is 0 Å². The van der Waals surface area contributed by atoms with Crippen LogP contribution in [0.25, 0.3) is 0 Å². The number of thiophene rings is 1. The summed E-state index contributed by atoms with van der Waals surface area (Å²) in [5.41, 5.74) is 1.23. The fourth-order valence-corrected chi connectivity index (χ4v) is 2.81. The maximum Gasteiger partial charge on any atom is 0.124 e. The number of para-hydroxylation sites is 1. The quantitative estimate of drug-likeness (QED) is 0.823. The zero-order chi connectivity index (χ0) is 13.5. The highest BCUT2D eigenvalue weighted by Crippen LogP contribution is 2.24. The molecule has 0 aliphatic rings. The molecule has 2 nitrogen and oxygen atoms in total. The monoisotopic (exact) mass is 275 g/mol. The van der Waals surface area contributed by atoms with Gasteiger partial charge < -0.3 is 10.1 Å². The van der Waals surface area contributed by atoms with Gasteiger partial charge in [-0.2, -0.15) is 0 Å². The molecule has 102 valence electrons. The van der Waals surface area contributed by atoms with Crippen molar-refractivity contribution in [3.63, 3.8) is 0 Å². The Bertz CT molecular complexity index is 481. The molecule has 1 aromatic carbocycles. The second kappa shape index (κ2) is 7.31. The van der Waals surface area contributed by atoms with E-state index in [1.54, 1.807) is 0 Å². The predicted molar refractivity (Wildman–Crippen MR) is 82.1 cm³/mol. The fourth-order valence-electron chi connectivity index (χ4n) is 2.10. The highest BCUT2D eigenvalue weighted by molar-refractivity contribution is 7.09. The Kier molecular flexibility index (Phi) is 5.43. The van der Waals surface area contributed by atoms with Gasteiger partial charge in [0.2, 0.25) is 0 Å². The lowest BCUT2D eigenvalue weighted by molar-refractivity contribution is 0.332. The van der Waals surface area contributed by atoms with Crippen molar-refractivity contribution >= 4 is 11.3 Å². The standard InChI is InChI=1S/C16H21NOS/c1-3-18-16-9-5-4-8-15(16)13(2)17-11-10-14-7-6-12-19-14/h4-9,12-13,17H,3,10-11H2,1-2H3. The van der Waals surface area contributed by atoms with Crippen LogP contribution < -0.4 is 10.1 Å². The molecule has 3 heteroatoms. The highest BCUT2D eigenvalue weighted by Gasteiger charge is 2.10. The molecule has 1 aromatic heterocycles. The molecule has 0 bridgehead atoms. The van der Waals surface area contributed by atoms with Crippen LogP contribution in [0.1, 0.15) is 30.3 Å². The molecule has 0 spiro atoms. The lowest BCUT2D eigenvalue weighted by atomic mass is 10.1. The van der Waals surface area contributed by atoms with E-state index in [0.29, 0.717) is 12.6 Å². The van der Waals surface area contributed by atoms with E-state index in [0.717, 1.165) is 18.7 Å². The van der Waals surface area contributed by atoms with Crippen molar-refractivity contribution < 1.29 is 4.74 Å². The second-order valence-electron chi connectivity index (χ2n) is 4.48. The molecular weight excluding hydrogens is 254 g/mol. The van der Waals surface area contributed by atoms with Crippen LogP contribution in [0.15, 0.2) is 41.8 Å². The molecule has 0 aliphatic heterocycles. The number of hydrogen-bond acceptors (Lipinski definition) is 3. The van der Waals surface area contributed by atoms with Gasteiger partial charge in [0.05, 0.1) is 6.61 Å². The number of benzene rings is 1. The molecule has 1 heterocycles. The summed E-state index contributed by atoms with van der Waals surface area (Å²) in [5, 5.41) is 5.69. The lowest BCUT2D eigenvalue weighted by Crippen LogP contribution is -2.21. The maximum atomic E-state index is 5.67. The Hall–Kier alpha value is -1.32. The number of rotatable bonds is 7. The smallest absolute Gasteiger partial charge is 0.124 e. The predicted octanol–water partition coefficient (Wildman–Crippen LogP) is 4.04. The molecule has 0 amide bonds. The van der Waals surface area contributed by atoms with Gasteiger partial charge in [0.1, 0.15) is 5.75 Å². The van der Waals surface area contributed by atoms with Crippen LogP contribution in [0.2, 0.25) is 0 Å². The third kappa shape index (κ3) is 4.08. The van der Waals surface area contributed by atoms with Crippen molar-refractivity contribution in [1.29, 1.82) is 0 Å². The molecule has 1 atom stereocenters. The van der Waals surface area contributed by atoms with Crippen LogP contribution in [0.3, 0.4) is 0 Å². The molecule has 19 heavy (non-hydrogen) atoms. The molecule has 0 fully saturated rings. The molecule has 2 rings (SSSR count). The van der Waals surface area contributed by atoms with Crippen molar-refractivity contribution in [1.82, 2.24) is 5.32 Å². The number of nitrogens with one attached hydrogen (secondary N) is 1. The summed E-state index contributed by atoms with van der Waals surface area (Å²) in [6.07, 6.45) is 1.08. The van der Waals surface area contributed by atoms with E-state index in [9.17, 15) is 0 Å². The van der Waals surface area contributed by atoms with Crippen molar-refractivity contribution in [3.05, 3.63) is 52.2 Å². The minimum Gasteiger partial charge on any atom is -0.494 e. The summed E-state index contributed by atoms with van der Waals surface area (Å²) in [7, 11) is 0. The Labute approximate surface area is 119 Å². The lowest BCUT2D eigenvalue weighted by Gasteiger charge is -2.17. The molecule has 0 radical (unpaired) electrons. The van der Waals surface area contributed by atoms with Crippen molar-refractivity contribution in [2.24, 2.45) is 0 Å². The summed E-state index contributed by atoms with van der Waals surface area (Å²) in [5.74, 6) is 0.987. The van der Waals surface area contributed by atoms with Crippen LogP contribution in [0.5, 0.6) is 5.75 Å². The normalized spacial score (nSPS) is 12.3. The number of ether oxygens (including phenoxy) is 1. The fraction of sp³-hybridized carbons (Fsp3) is 0.375. The first-order valence-corrected chi connectivity index (χ1v) is 7.66. The van der Waals surface area contributed by atoms with Crippen LogP contribution in [-0.4, -0.2) is 13.2 Å². The Balaban J connectivity index is 1.90. The van der Waals surface area contributed by atoms with Crippen LogP contribution in [0.4, 0.5) is 0 Å².